The average Bonchev–Trinajstić information content (AvgIpc) is 1.82. The standard InChI is InChI=1S/C7H12O2/c1-3-5-6(4-2)7(8)9/h3,5-6H,4H2,1-2H3,(H,8,9)/b5-3+/t6-/m1/s1. The van der Waals surface area contributed by atoms with Crippen molar-refractivity contribution in [1.82, 2.24) is 0 Å². The number of hydrogen-bond donors (Lipinski definition) is 1. The van der Waals surface area contributed by atoms with E-state index in [1.165, 1.54) is 0 Å². The molecule has 0 aromatic carbocycles. The van der Waals surface area contributed by atoms with Gasteiger partial charge in [-0.1, -0.05) is 19.1 Å². The summed E-state index contributed by atoms with van der Waals surface area (Å²) in [7, 11) is 0. The molecule has 2 nitrogen and oxygen atoms in total. The van der Waals surface area contributed by atoms with Crippen molar-refractivity contribution in [1.29, 1.82) is 0 Å². The smallest absolute Gasteiger partial charge is 0.310 e. The maximum absolute atomic E-state index is 10.3. The molecular weight excluding hydrogens is 116 g/mol. The van der Waals surface area contributed by atoms with Crippen molar-refractivity contribution >= 4 is 5.97 Å². The van der Waals surface area contributed by atoms with E-state index in [1.807, 2.05) is 13.8 Å². The lowest BCUT2D eigenvalue weighted by Gasteiger charge is -2.00. The summed E-state index contributed by atoms with van der Waals surface area (Å²) >= 11 is 0. The van der Waals surface area contributed by atoms with Gasteiger partial charge >= 0.3 is 5.97 Å². The van der Waals surface area contributed by atoms with Crippen LogP contribution in [0.4, 0.5) is 0 Å². The number of carboxylic acids is 1. The summed E-state index contributed by atoms with van der Waals surface area (Å²) in [6.07, 6.45) is 4.13. The molecule has 0 saturated carbocycles. The third-order valence-electron chi connectivity index (χ3n) is 1.18. The number of aliphatic carboxylic acids is 1. The minimum absolute atomic E-state index is 0.296. The van der Waals surface area contributed by atoms with Crippen molar-refractivity contribution in [3.8, 4) is 0 Å². The van der Waals surface area contributed by atoms with E-state index < -0.39 is 5.97 Å². The van der Waals surface area contributed by atoms with E-state index in [-0.39, 0.29) is 5.92 Å². The maximum Gasteiger partial charge on any atom is 0.310 e. The minimum Gasteiger partial charge on any atom is -0.481 e. The fourth-order valence-corrected chi connectivity index (χ4v) is 0.625. The second-order valence-electron chi connectivity index (χ2n) is 1.88. The van der Waals surface area contributed by atoms with Crippen molar-refractivity contribution in [2.75, 3.05) is 0 Å². The van der Waals surface area contributed by atoms with Crippen LogP contribution >= 0.6 is 0 Å². The van der Waals surface area contributed by atoms with E-state index in [0.717, 1.165) is 0 Å². The normalized spacial score (nSPS) is 14.0. The van der Waals surface area contributed by atoms with Crippen LogP contribution in [0.15, 0.2) is 12.2 Å². The first-order chi connectivity index (χ1) is 4.22. The highest BCUT2D eigenvalue weighted by atomic mass is 16.4. The lowest BCUT2D eigenvalue weighted by atomic mass is 10.1. The number of hydrogen-bond acceptors (Lipinski definition) is 1. The zero-order valence-electron chi connectivity index (χ0n) is 5.79. The molecule has 0 aliphatic rings. The highest BCUT2D eigenvalue weighted by molar-refractivity contribution is 5.71. The molecule has 1 atom stereocenters. The summed E-state index contributed by atoms with van der Waals surface area (Å²) in [6.45, 7) is 3.68. The van der Waals surface area contributed by atoms with Crippen molar-refractivity contribution in [2.45, 2.75) is 20.3 Å². The molecule has 0 saturated heterocycles. The lowest BCUT2D eigenvalue weighted by molar-refractivity contribution is -0.140. The Kier molecular flexibility index (Phi) is 3.76. The van der Waals surface area contributed by atoms with E-state index in [2.05, 4.69) is 0 Å². The molecule has 0 fully saturated rings. The van der Waals surface area contributed by atoms with E-state index in [4.69, 9.17) is 5.11 Å². The van der Waals surface area contributed by atoms with Crippen molar-refractivity contribution in [3.63, 3.8) is 0 Å². The predicted molar refractivity (Wildman–Crippen MR) is 36.2 cm³/mol. The van der Waals surface area contributed by atoms with Gasteiger partial charge in [-0.25, -0.2) is 0 Å². The van der Waals surface area contributed by atoms with Crippen LogP contribution in [0.1, 0.15) is 20.3 Å². The predicted octanol–water partition coefficient (Wildman–Crippen LogP) is 1.67. The van der Waals surface area contributed by atoms with Gasteiger partial charge in [0.2, 0.25) is 0 Å². The van der Waals surface area contributed by atoms with Gasteiger partial charge in [-0.3, -0.25) is 4.79 Å². The molecule has 0 aromatic heterocycles. The second-order valence-corrected chi connectivity index (χ2v) is 1.88. The summed E-state index contributed by atoms with van der Waals surface area (Å²) in [5.41, 5.74) is 0. The van der Waals surface area contributed by atoms with Crippen LogP contribution in [0.25, 0.3) is 0 Å². The molecular formula is C7H12O2. The molecule has 0 unspecified atom stereocenters. The highest BCUT2D eigenvalue weighted by Crippen LogP contribution is 2.03. The fraction of sp³-hybridized carbons (Fsp3) is 0.571. The van der Waals surface area contributed by atoms with Gasteiger partial charge in [0, 0.05) is 0 Å². The van der Waals surface area contributed by atoms with Gasteiger partial charge < -0.3 is 5.11 Å². The van der Waals surface area contributed by atoms with Crippen molar-refractivity contribution in [3.05, 3.63) is 12.2 Å². The quantitative estimate of drug-likeness (QED) is 0.587. The first-order valence-electron chi connectivity index (χ1n) is 3.08. The topological polar surface area (TPSA) is 37.3 Å². The molecule has 0 heterocycles. The minimum atomic E-state index is -0.740. The van der Waals surface area contributed by atoms with Crippen LogP contribution in [0.3, 0.4) is 0 Å². The molecule has 0 aliphatic heterocycles. The van der Waals surface area contributed by atoms with Gasteiger partial charge in [-0.15, -0.1) is 0 Å². The first kappa shape index (κ1) is 8.21. The largest absolute Gasteiger partial charge is 0.481 e. The SMILES string of the molecule is C/C=C/[C@@H](CC)C(=O)O. The van der Waals surface area contributed by atoms with E-state index >= 15 is 0 Å². The van der Waals surface area contributed by atoms with Gasteiger partial charge in [0.25, 0.3) is 0 Å². The highest BCUT2D eigenvalue weighted by Gasteiger charge is 2.08. The molecule has 0 aliphatic carbocycles. The Balaban J connectivity index is 3.83. The van der Waals surface area contributed by atoms with E-state index in [9.17, 15) is 4.79 Å². The van der Waals surface area contributed by atoms with Crippen molar-refractivity contribution < 1.29 is 9.90 Å². The summed E-state index contributed by atoms with van der Waals surface area (Å²) in [6, 6.07) is 0. The van der Waals surface area contributed by atoms with Crippen LogP contribution in [-0.4, -0.2) is 11.1 Å². The van der Waals surface area contributed by atoms with Gasteiger partial charge in [-0.05, 0) is 13.3 Å². The summed E-state index contributed by atoms with van der Waals surface area (Å²) in [5, 5.41) is 8.45. The van der Waals surface area contributed by atoms with E-state index in [0.29, 0.717) is 6.42 Å². The van der Waals surface area contributed by atoms with Gasteiger partial charge in [0.15, 0.2) is 0 Å². The van der Waals surface area contributed by atoms with Crippen molar-refractivity contribution in [2.24, 2.45) is 5.92 Å². The first-order valence-corrected chi connectivity index (χ1v) is 3.08. The zero-order valence-corrected chi connectivity index (χ0v) is 5.79. The summed E-state index contributed by atoms with van der Waals surface area (Å²) < 4.78 is 0. The van der Waals surface area contributed by atoms with Gasteiger partial charge in [0.05, 0.1) is 5.92 Å². The Hall–Kier alpha value is -0.790. The number of rotatable bonds is 3. The van der Waals surface area contributed by atoms with Gasteiger partial charge in [0.1, 0.15) is 0 Å². The molecule has 9 heavy (non-hydrogen) atoms. The third-order valence-corrected chi connectivity index (χ3v) is 1.18. The Labute approximate surface area is 55.2 Å². The van der Waals surface area contributed by atoms with Crippen LogP contribution in [0.5, 0.6) is 0 Å². The van der Waals surface area contributed by atoms with Crippen LogP contribution < -0.4 is 0 Å². The van der Waals surface area contributed by atoms with Crippen LogP contribution in [0.2, 0.25) is 0 Å². The fourth-order valence-electron chi connectivity index (χ4n) is 0.625. The third kappa shape index (κ3) is 2.90. The number of carboxylic acid groups (broad SMARTS) is 1. The molecule has 0 amide bonds. The number of carbonyl (C=O) groups is 1. The summed E-state index contributed by atoms with van der Waals surface area (Å²) in [5.74, 6) is -1.04. The molecule has 0 aromatic rings. The van der Waals surface area contributed by atoms with Crippen LogP contribution in [0, 0.1) is 5.92 Å². The molecule has 2 heteroatoms. The average molecular weight is 128 g/mol. The molecule has 0 bridgehead atoms. The van der Waals surface area contributed by atoms with E-state index in [1.54, 1.807) is 12.2 Å². The molecule has 0 radical (unpaired) electrons. The Morgan fingerprint density at radius 1 is 1.78 bits per heavy atom. The Bertz CT molecular complexity index is 116. The second kappa shape index (κ2) is 4.13. The van der Waals surface area contributed by atoms with Gasteiger partial charge in [-0.2, -0.15) is 0 Å². The monoisotopic (exact) mass is 128 g/mol. The van der Waals surface area contributed by atoms with Crippen LogP contribution in [-0.2, 0) is 4.79 Å². The Morgan fingerprint density at radius 2 is 2.33 bits per heavy atom. The molecule has 1 N–H and O–H groups in total. The maximum atomic E-state index is 10.3. The lowest BCUT2D eigenvalue weighted by Crippen LogP contribution is -2.08. The molecule has 0 spiro atoms. The summed E-state index contributed by atoms with van der Waals surface area (Å²) in [4.78, 5) is 10.3. The zero-order chi connectivity index (χ0) is 7.28. The molecule has 0 rings (SSSR count). The Morgan fingerprint density at radius 3 is 2.44 bits per heavy atom. The number of allylic oxidation sites excluding steroid dienone is 1. The molecule has 52 valence electrons.